The maximum absolute atomic E-state index is 10.5. The summed E-state index contributed by atoms with van der Waals surface area (Å²) in [6, 6.07) is 6.60. The number of thioether (sulfide) groups is 1. The van der Waals surface area contributed by atoms with E-state index in [1.807, 2.05) is 0 Å². The number of nitro groups is 1. The Morgan fingerprint density at radius 1 is 1.33 bits per heavy atom. The van der Waals surface area contributed by atoms with Gasteiger partial charge in [-0.3, -0.25) is 10.1 Å². The highest BCUT2D eigenvalue weighted by molar-refractivity contribution is 8.22. The molecule has 1 rings (SSSR count). The quantitative estimate of drug-likeness (QED) is 0.471. The van der Waals surface area contributed by atoms with Crippen LogP contribution in [0.4, 0.5) is 5.69 Å². The minimum atomic E-state index is -0.391. The van der Waals surface area contributed by atoms with Crippen molar-refractivity contribution in [3.63, 3.8) is 0 Å². The number of hydrogen-bond donors (Lipinski definition) is 0. The van der Waals surface area contributed by atoms with Gasteiger partial charge < -0.3 is 4.90 Å². The van der Waals surface area contributed by atoms with E-state index in [2.05, 4.69) is 18.7 Å². The molecule has 0 aliphatic carbocycles. The van der Waals surface area contributed by atoms with Crippen LogP contribution in [0.1, 0.15) is 19.4 Å². The van der Waals surface area contributed by atoms with Crippen LogP contribution in [-0.4, -0.2) is 27.2 Å². The van der Waals surface area contributed by atoms with Crippen LogP contribution in [0, 0.1) is 10.1 Å². The van der Waals surface area contributed by atoms with Crippen molar-refractivity contribution in [2.24, 2.45) is 0 Å². The molecule has 0 saturated heterocycles. The number of non-ortho nitro benzene ring substituents is 1. The largest absolute Gasteiger partial charge is 0.358 e. The van der Waals surface area contributed by atoms with Crippen LogP contribution in [0.25, 0.3) is 0 Å². The zero-order chi connectivity index (χ0) is 13.5. The molecule has 98 valence electrons. The van der Waals surface area contributed by atoms with E-state index in [4.69, 9.17) is 12.2 Å². The molecule has 0 aromatic heterocycles. The predicted molar refractivity (Wildman–Crippen MR) is 79.9 cm³/mol. The number of nitro benzene ring substituents is 1. The van der Waals surface area contributed by atoms with Gasteiger partial charge in [0.2, 0.25) is 0 Å². The molecule has 18 heavy (non-hydrogen) atoms. The fourth-order valence-electron chi connectivity index (χ4n) is 1.43. The normalized spacial score (nSPS) is 10.1. The second-order valence-corrected chi connectivity index (χ2v) is 5.26. The van der Waals surface area contributed by atoms with Crippen molar-refractivity contribution in [3.8, 4) is 0 Å². The average Bonchev–Trinajstić information content (AvgIpc) is 2.38. The first kappa shape index (κ1) is 14.9. The molecule has 0 heterocycles. The number of nitrogens with zero attached hydrogens (tertiary/aromatic N) is 2. The van der Waals surface area contributed by atoms with Gasteiger partial charge in [0.1, 0.15) is 4.32 Å². The lowest BCUT2D eigenvalue weighted by molar-refractivity contribution is -0.384. The minimum absolute atomic E-state index is 0.120. The molecule has 0 radical (unpaired) electrons. The van der Waals surface area contributed by atoms with E-state index in [0.717, 1.165) is 28.7 Å². The highest BCUT2D eigenvalue weighted by Gasteiger charge is 2.07. The molecule has 1 aromatic carbocycles. The predicted octanol–water partition coefficient (Wildman–Crippen LogP) is 3.45. The maximum Gasteiger partial charge on any atom is 0.269 e. The summed E-state index contributed by atoms with van der Waals surface area (Å²) in [4.78, 5) is 12.2. The van der Waals surface area contributed by atoms with E-state index in [9.17, 15) is 10.1 Å². The highest BCUT2D eigenvalue weighted by atomic mass is 32.2. The molecule has 0 aliphatic heterocycles. The van der Waals surface area contributed by atoms with Crippen molar-refractivity contribution >= 4 is 34.0 Å². The van der Waals surface area contributed by atoms with E-state index in [-0.39, 0.29) is 5.69 Å². The summed E-state index contributed by atoms with van der Waals surface area (Å²) < 4.78 is 0.873. The first-order chi connectivity index (χ1) is 8.58. The molecule has 0 fully saturated rings. The molecule has 0 N–H and O–H groups in total. The van der Waals surface area contributed by atoms with Crippen molar-refractivity contribution < 1.29 is 4.92 Å². The van der Waals surface area contributed by atoms with Crippen molar-refractivity contribution in [3.05, 3.63) is 39.9 Å². The average molecular weight is 284 g/mol. The van der Waals surface area contributed by atoms with E-state index in [0.29, 0.717) is 0 Å². The Bertz CT molecular complexity index is 417. The number of benzene rings is 1. The summed E-state index contributed by atoms with van der Waals surface area (Å²) in [6.45, 7) is 5.95. The molecule has 0 atom stereocenters. The Kier molecular flexibility index (Phi) is 6.07. The van der Waals surface area contributed by atoms with Crippen LogP contribution in [0.5, 0.6) is 0 Å². The summed E-state index contributed by atoms with van der Waals surface area (Å²) in [5, 5.41) is 10.5. The third-order valence-corrected chi connectivity index (χ3v) is 4.13. The van der Waals surface area contributed by atoms with Gasteiger partial charge in [0.25, 0.3) is 5.69 Å². The Labute approximate surface area is 117 Å². The third-order valence-electron chi connectivity index (χ3n) is 2.53. The zero-order valence-corrected chi connectivity index (χ0v) is 12.1. The van der Waals surface area contributed by atoms with Crippen LogP contribution in [0.3, 0.4) is 0 Å². The van der Waals surface area contributed by atoms with Crippen LogP contribution in [0.2, 0.25) is 0 Å². The number of thiocarbonyl (C=S) groups is 1. The molecule has 0 bridgehead atoms. The molecule has 0 aliphatic rings. The van der Waals surface area contributed by atoms with Gasteiger partial charge in [0.15, 0.2) is 0 Å². The summed E-state index contributed by atoms with van der Waals surface area (Å²) in [5.74, 6) is 0.743. The lowest BCUT2D eigenvalue weighted by Crippen LogP contribution is -2.26. The van der Waals surface area contributed by atoms with Gasteiger partial charge in [-0.1, -0.05) is 36.1 Å². The Balaban J connectivity index is 2.53. The van der Waals surface area contributed by atoms with E-state index >= 15 is 0 Å². The summed E-state index contributed by atoms with van der Waals surface area (Å²) >= 11 is 6.91. The topological polar surface area (TPSA) is 46.4 Å². The SMILES string of the molecule is CCN(CC)C(=S)SCc1ccc([N+](=O)[O-])cc1. The zero-order valence-electron chi connectivity index (χ0n) is 10.5. The third kappa shape index (κ3) is 4.27. The van der Waals surface area contributed by atoms with E-state index < -0.39 is 4.92 Å². The molecule has 0 saturated carbocycles. The molecule has 0 spiro atoms. The molecular weight excluding hydrogens is 268 g/mol. The molecule has 4 nitrogen and oxygen atoms in total. The van der Waals surface area contributed by atoms with Crippen molar-refractivity contribution in [1.29, 1.82) is 0 Å². The monoisotopic (exact) mass is 284 g/mol. The van der Waals surface area contributed by atoms with E-state index in [1.165, 1.54) is 12.1 Å². The second kappa shape index (κ2) is 7.33. The lowest BCUT2D eigenvalue weighted by atomic mass is 10.2. The van der Waals surface area contributed by atoms with Crippen LogP contribution >= 0.6 is 24.0 Å². The number of rotatable bonds is 5. The van der Waals surface area contributed by atoms with Crippen molar-refractivity contribution in [1.82, 2.24) is 4.90 Å². The Morgan fingerprint density at radius 2 is 1.89 bits per heavy atom. The molecular formula is C12H16N2O2S2. The highest BCUT2D eigenvalue weighted by Crippen LogP contribution is 2.19. The molecule has 6 heteroatoms. The lowest BCUT2D eigenvalue weighted by Gasteiger charge is -2.20. The first-order valence-corrected chi connectivity index (χ1v) is 7.12. The van der Waals surface area contributed by atoms with Crippen LogP contribution < -0.4 is 0 Å². The standard InChI is InChI=1S/C12H16N2O2S2/c1-3-13(4-2)12(17)18-9-10-5-7-11(8-6-10)14(15)16/h5-8H,3-4,9H2,1-2H3. The smallest absolute Gasteiger partial charge is 0.269 e. The Morgan fingerprint density at radius 3 is 2.33 bits per heavy atom. The van der Waals surface area contributed by atoms with Gasteiger partial charge in [-0.05, 0) is 19.4 Å². The first-order valence-electron chi connectivity index (χ1n) is 5.73. The maximum atomic E-state index is 10.5. The summed E-state index contributed by atoms with van der Waals surface area (Å²) in [7, 11) is 0. The summed E-state index contributed by atoms with van der Waals surface area (Å²) in [5.41, 5.74) is 1.16. The number of hydrogen-bond acceptors (Lipinski definition) is 4. The van der Waals surface area contributed by atoms with Gasteiger partial charge in [0.05, 0.1) is 4.92 Å². The Hall–Kier alpha value is -1.14. The van der Waals surface area contributed by atoms with Crippen LogP contribution in [0.15, 0.2) is 24.3 Å². The second-order valence-electron chi connectivity index (χ2n) is 3.65. The fourth-order valence-corrected chi connectivity index (χ4v) is 2.79. The fraction of sp³-hybridized carbons (Fsp3) is 0.417. The van der Waals surface area contributed by atoms with Crippen molar-refractivity contribution in [2.45, 2.75) is 19.6 Å². The molecule has 1 aromatic rings. The van der Waals surface area contributed by atoms with Gasteiger partial charge >= 0.3 is 0 Å². The van der Waals surface area contributed by atoms with Gasteiger partial charge in [-0.15, -0.1) is 0 Å². The van der Waals surface area contributed by atoms with Gasteiger partial charge in [0, 0.05) is 31.0 Å². The van der Waals surface area contributed by atoms with Crippen LogP contribution in [-0.2, 0) is 5.75 Å². The molecule has 0 amide bonds. The minimum Gasteiger partial charge on any atom is -0.358 e. The van der Waals surface area contributed by atoms with Gasteiger partial charge in [-0.25, -0.2) is 0 Å². The van der Waals surface area contributed by atoms with E-state index in [1.54, 1.807) is 23.9 Å². The van der Waals surface area contributed by atoms with Crippen molar-refractivity contribution in [2.75, 3.05) is 13.1 Å². The summed E-state index contributed by atoms with van der Waals surface area (Å²) in [6.07, 6.45) is 0. The van der Waals surface area contributed by atoms with Gasteiger partial charge in [-0.2, -0.15) is 0 Å². The molecule has 0 unspecified atom stereocenters.